The minimum absolute atomic E-state index is 0.160. The molecular weight excluding hydrogens is 395 g/mol. The van der Waals surface area contributed by atoms with E-state index in [9.17, 15) is 29.9 Å². The van der Waals surface area contributed by atoms with E-state index in [2.05, 4.69) is 0 Å². The van der Waals surface area contributed by atoms with Gasteiger partial charge in [0, 0.05) is 26.4 Å². The standard InChI is InChI=1S/C16H17N2O9P/c1-25-28(24,26-2)27-16(12-8-4-6-10-14(12)18(22)23)15(19)11-7-3-5-9-13(11)17(20)21/h3-10,15-16,19H,1-2H3. The van der Waals surface area contributed by atoms with Crippen LogP contribution in [0.4, 0.5) is 11.4 Å². The molecule has 2 atom stereocenters. The molecule has 2 aromatic rings. The van der Waals surface area contributed by atoms with Crippen molar-refractivity contribution in [3.63, 3.8) is 0 Å². The molecule has 0 saturated carbocycles. The summed E-state index contributed by atoms with van der Waals surface area (Å²) < 4.78 is 27.2. The summed E-state index contributed by atoms with van der Waals surface area (Å²) in [6.45, 7) is 0. The van der Waals surface area contributed by atoms with Gasteiger partial charge in [-0.2, -0.15) is 0 Å². The minimum Gasteiger partial charge on any atom is -0.385 e. The third-order valence-electron chi connectivity index (χ3n) is 3.87. The van der Waals surface area contributed by atoms with Gasteiger partial charge in [-0.05, 0) is 12.1 Å². The average molecular weight is 412 g/mol. The maximum Gasteiger partial charge on any atom is 0.474 e. The molecule has 0 aliphatic rings. The van der Waals surface area contributed by atoms with Crippen molar-refractivity contribution >= 4 is 19.2 Å². The number of nitrogens with zero attached hydrogens (tertiary/aromatic N) is 2. The predicted octanol–water partition coefficient (Wildman–Crippen LogP) is 3.70. The van der Waals surface area contributed by atoms with Crippen molar-refractivity contribution in [2.24, 2.45) is 0 Å². The van der Waals surface area contributed by atoms with Crippen LogP contribution in [0.2, 0.25) is 0 Å². The number of hydrogen-bond donors (Lipinski definition) is 1. The fraction of sp³-hybridized carbons (Fsp3) is 0.250. The highest BCUT2D eigenvalue weighted by atomic mass is 31.2. The lowest BCUT2D eigenvalue weighted by atomic mass is 9.96. The van der Waals surface area contributed by atoms with Gasteiger partial charge in [0.1, 0.15) is 12.2 Å². The zero-order chi connectivity index (χ0) is 20.9. The molecule has 12 heteroatoms. The summed E-state index contributed by atoms with van der Waals surface area (Å²) in [6.07, 6.45) is -3.45. The van der Waals surface area contributed by atoms with E-state index in [1.807, 2.05) is 0 Å². The molecule has 0 radical (unpaired) electrons. The molecule has 1 N–H and O–H groups in total. The molecule has 150 valence electrons. The van der Waals surface area contributed by atoms with Crippen LogP contribution in [0.5, 0.6) is 0 Å². The Kier molecular flexibility index (Phi) is 6.95. The van der Waals surface area contributed by atoms with Crippen LogP contribution in [-0.2, 0) is 18.1 Å². The first-order valence-electron chi connectivity index (χ1n) is 7.78. The van der Waals surface area contributed by atoms with Crippen molar-refractivity contribution in [2.45, 2.75) is 12.2 Å². The Morgan fingerprint density at radius 1 is 0.893 bits per heavy atom. The van der Waals surface area contributed by atoms with Crippen LogP contribution in [0.25, 0.3) is 0 Å². The zero-order valence-corrected chi connectivity index (χ0v) is 15.7. The van der Waals surface area contributed by atoms with Gasteiger partial charge < -0.3 is 5.11 Å². The first-order chi connectivity index (χ1) is 13.2. The molecule has 0 bridgehead atoms. The molecule has 0 fully saturated rings. The molecule has 0 spiro atoms. The molecule has 0 saturated heterocycles. The number of aliphatic hydroxyl groups excluding tert-OH is 1. The zero-order valence-electron chi connectivity index (χ0n) is 14.8. The minimum atomic E-state index is -4.22. The second-order valence-electron chi connectivity index (χ2n) is 5.42. The Morgan fingerprint density at radius 3 is 1.79 bits per heavy atom. The Morgan fingerprint density at radius 2 is 1.32 bits per heavy atom. The maximum atomic E-state index is 12.5. The fourth-order valence-corrected chi connectivity index (χ4v) is 3.37. The summed E-state index contributed by atoms with van der Waals surface area (Å²) in [5.74, 6) is 0. The third-order valence-corrected chi connectivity index (χ3v) is 5.25. The van der Waals surface area contributed by atoms with Gasteiger partial charge in [-0.25, -0.2) is 4.57 Å². The number of phosphoric acid groups is 1. The van der Waals surface area contributed by atoms with Gasteiger partial charge in [-0.15, -0.1) is 0 Å². The Bertz CT molecular complexity index is 912. The van der Waals surface area contributed by atoms with Crippen molar-refractivity contribution in [3.05, 3.63) is 79.9 Å². The third kappa shape index (κ3) is 4.58. The second-order valence-corrected chi connectivity index (χ2v) is 7.25. The van der Waals surface area contributed by atoms with Crippen LogP contribution in [0, 0.1) is 20.2 Å². The van der Waals surface area contributed by atoms with E-state index in [0.717, 1.165) is 26.4 Å². The number of nitro groups is 2. The number of para-hydroxylation sites is 2. The summed E-state index contributed by atoms with van der Waals surface area (Å²) in [4.78, 5) is 21.3. The smallest absolute Gasteiger partial charge is 0.385 e. The van der Waals surface area contributed by atoms with Gasteiger partial charge in [0.05, 0.1) is 21.0 Å². The van der Waals surface area contributed by atoms with E-state index in [1.54, 1.807) is 0 Å². The Labute approximate surface area is 159 Å². The molecule has 2 rings (SSSR count). The lowest BCUT2D eigenvalue weighted by Gasteiger charge is -2.26. The van der Waals surface area contributed by atoms with E-state index >= 15 is 0 Å². The van der Waals surface area contributed by atoms with Gasteiger partial charge in [0.2, 0.25) is 0 Å². The van der Waals surface area contributed by atoms with Gasteiger partial charge in [0.25, 0.3) is 11.4 Å². The number of hydrogen-bond acceptors (Lipinski definition) is 9. The van der Waals surface area contributed by atoms with E-state index in [1.165, 1.54) is 36.4 Å². The van der Waals surface area contributed by atoms with Crippen molar-refractivity contribution < 1.29 is 33.1 Å². The Balaban J connectivity index is 2.65. The topological polar surface area (TPSA) is 151 Å². The number of aliphatic hydroxyl groups is 1. The summed E-state index contributed by atoms with van der Waals surface area (Å²) in [7, 11) is -2.17. The fourth-order valence-electron chi connectivity index (χ4n) is 2.55. The number of nitro benzene ring substituents is 2. The van der Waals surface area contributed by atoms with E-state index in [4.69, 9.17) is 13.6 Å². The van der Waals surface area contributed by atoms with Crippen LogP contribution >= 0.6 is 7.82 Å². The molecule has 2 unspecified atom stereocenters. The molecule has 0 aliphatic carbocycles. The predicted molar refractivity (Wildman–Crippen MR) is 96.6 cm³/mol. The molecular formula is C16H17N2O9P. The van der Waals surface area contributed by atoms with Crippen LogP contribution < -0.4 is 0 Å². The molecule has 0 heterocycles. The van der Waals surface area contributed by atoms with Crippen LogP contribution in [0.1, 0.15) is 23.3 Å². The average Bonchev–Trinajstić information content (AvgIpc) is 2.71. The van der Waals surface area contributed by atoms with Crippen molar-refractivity contribution in [1.82, 2.24) is 0 Å². The monoisotopic (exact) mass is 412 g/mol. The van der Waals surface area contributed by atoms with E-state index in [0.29, 0.717) is 0 Å². The van der Waals surface area contributed by atoms with Gasteiger partial charge in [0.15, 0.2) is 0 Å². The quantitative estimate of drug-likeness (QED) is 0.369. The number of benzene rings is 2. The molecule has 0 aromatic heterocycles. The summed E-state index contributed by atoms with van der Waals surface area (Å²) in [5, 5.41) is 33.5. The van der Waals surface area contributed by atoms with Crippen molar-refractivity contribution in [3.8, 4) is 0 Å². The first kappa shape index (κ1) is 21.6. The Hall–Kier alpha value is -2.69. The molecule has 28 heavy (non-hydrogen) atoms. The second kappa shape index (κ2) is 9.00. The maximum absolute atomic E-state index is 12.5. The molecule has 0 aliphatic heterocycles. The SMILES string of the molecule is COP(=O)(OC)OC(c1ccccc1[N+](=O)[O-])C(O)c1ccccc1[N+](=O)[O-]. The molecule has 11 nitrogen and oxygen atoms in total. The van der Waals surface area contributed by atoms with Crippen LogP contribution in [0.3, 0.4) is 0 Å². The first-order valence-corrected chi connectivity index (χ1v) is 9.24. The summed E-state index contributed by atoms with van der Waals surface area (Å²) in [6, 6.07) is 10.5. The number of rotatable bonds is 9. The lowest BCUT2D eigenvalue weighted by molar-refractivity contribution is -0.387. The van der Waals surface area contributed by atoms with Crippen molar-refractivity contribution in [2.75, 3.05) is 14.2 Å². The van der Waals surface area contributed by atoms with Crippen molar-refractivity contribution in [1.29, 1.82) is 0 Å². The summed E-state index contributed by atoms with van der Waals surface area (Å²) >= 11 is 0. The molecule has 2 aromatic carbocycles. The van der Waals surface area contributed by atoms with Gasteiger partial charge in [-0.1, -0.05) is 24.3 Å². The molecule has 0 amide bonds. The van der Waals surface area contributed by atoms with Crippen LogP contribution in [-0.4, -0.2) is 29.2 Å². The summed E-state index contributed by atoms with van der Waals surface area (Å²) in [5.41, 5.74) is -1.22. The lowest BCUT2D eigenvalue weighted by Crippen LogP contribution is -2.17. The highest BCUT2D eigenvalue weighted by Crippen LogP contribution is 2.55. The largest absolute Gasteiger partial charge is 0.474 e. The van der Waals surface area contributed by atoms with Crippen LogP contribution in [0.15, 0.2) is 48.5 Å². The highest BCUT2D eigenvalue weighted by molar-refractivity contribution is 7.48. The highest BCUT2D eigenvalue weighted by Gasteiger charge is 2.39. The number of phosphoric ester groups is 1. The van der Waals surface area contributed by atoms with E-state index < -0.39 is 41.3 Å². The normalized spacial score (nSPS) is 13.7. The van der Waals surface area contributed by atoms with E-state index in [-0.39, 0.29) is 11.1 Å². The van der Waals surface area contributed by atoms with Gasteiger partial charge in [-0.3, -0.25) is 33.8 Å². The van der Waals surface area contributed by atoms with Gasteiger partial charge >= 0.3 is 7.82 Å².